The van der Waals surface area contributed by atoms with Gasteiger partial charge in [0.2, 0.25) is 11.8 Å². The first-order valence-corrected chi connectivity index (χ1v) is 22.3. The van der Waals surface area contributed by atoms with E-state index in [9.17, 15) is 19.2 Å². The number of anilines is 1. The van der Waals surface area contributed by atoms with E-state index in [1.165, 1.54) is 67.1 Å². The fourth-order valence-corrected chi connectivity index (χ4v) is 11.1. The highest BCUT2D eigenvalue weighted by atomic mass is 35.5. The predicted molar refractivity (Wildman–Crippen MR) is 230 cm³/mol. The number of carbonyl (C=O) groups excluding carboxylic acids is 4. The fourth-order valence-electron chi connectivity index (χ4n) is 8.98. The molecule has 18 heteroatoms. The first-order chi connectivity index (χ1) is 29.0. The van der Waals surface area contributed by atoms with E-state index in [-0.39, 0.29) is 34.3 Å². The van der Waals surface area contributed by atoms with Crippen LogP contribution in [0.2, 0.25) is 5.02 Å². The minimum Gasteiger partial charge on any atom is -0.490 e. The molecule has 3 aromatic rings. The van der Waals surface area contributed by atoms with Crippen molar-refractivity contribution < 1.29 is 42.3 Å². The largest absolute Gasteiger partial charge is 0.490 e. The molecule has 16 nitrogen and oxygen atoms in total. The molecule has 1 saturated carbocycles. The summed E-state index contributed by atoms with van der Waals surface area (Å²) in [6, 6.07) is 11.0. The third-order valence-electron chi connectivity index (χ3n) is 12.3. The minimum absolute atomic E-state index is 0.0670. The van der Waals surface area contributed by atoms with Gasteiger partial charge >= 0.3 is 6.09 Å². The van der Waals surface area contributed by atoms with Gasteiger partial charge in [0.15, 0.2) is 9.92 Å². The van der Waals surface area contributed by atoms with Crippen molar-refractivity contribution in [2.45, 2.75) is 61.4 Å². The summed E-state index contributed by atoms with van der Waals surface area (Å²) in [5, 5.41) is 3.12. The van der Waals surface area contributed by atoms with E-state index >= 15 is 4.21 Å². The molecule has 0 saturated heterocycles. The Morgan fingerprint density at radius 2 is 1.84 bits per heavy atom. The smallest absolute Gasteiger partial charge is 0.409 e. The van der Waals surface area contributed by atoms with Crippen LogP contribution in [0, 0.1) is 11.8 Å². The van der Waals surface area contributed by atoms with Gasteiger partial charge in [-0.15, -0.1) is 9.46 Å². The van der Waals surface area contributed by atoms with E-state index in [1.54, 1.807) is 38.4 Å². The zero-order valence-electron chi connectivity index (χ0n) is 35.6. The average molecular weight is 880 g/mol. The van der Waals surface area contributed by atoms with Crippen LogP contribution in [0.5, 0.6) is 11.6 Å². The second-order valence-corrected chi connectivity index (χ2v) is 19.3. The summed E-state index contributed by atoms with van der Waals surface area (Å²) in [6.45, 7) is 1.60. The van der Waals surface area contributed by atoms with Crippen LogP contribution in [0.15, 0.2) is 59.1 Å². The van der Waals surface area contributed by atoms with Gasteiger partial charge in [0.25, 0.3) is 11.8 Å². The van der Waals surface area contributed by atoms with Crippen molar-refractivity contribution in [3.63, 3.8) is 0 Å². The maximum atomic E-state index is 15.6. The summed E-state index contributed by atoms with van der Waals surface area (Å²) in [7, 11) is 6.04. The predicted octanol–water partition coefficient (Wildman–Crippen LogP) is 5.03. The van der Waals surface area contributed by atoms with Crippen LogP contribution in [-0.4, -0.2) is 127 Å². The van der Waals surface area contributed by atoms with Crippen molar-refractivity contribution in [3.8, 4) is 11.6 Å². The topological polar surface area (TPSA) is 174 Å². The Morgan fingerprint density at radius 1 is 1.05 bits per heavy atom. The third kappa shape index (κ3) is 8.96. The lowest BCUT2D eigenvalue weighted by atomic mass is 9.68. The van der Waals surface area contributed by atoms with Gasteiger partial charge in [-0.2, -0.15) is 0 Å². The van der Waals surface area contributed by atoms with Crippen molar-refractivity contribution >= 4 is 51.0 Å². The van der Waals surface area contributed by atoms with Gasteiger partial charge in [0.05, 0.1) is 25.5 Å². The van der Waals surface area contributed by atoms with Gasteiger partial charge in [-0.25, -0.2) is 9.00 Å². The second-order valence-electron chi connectivity index (χ2n) is 16.8. The van der Waals surface area contributed by atoms with Crippen LogP contribution >= 0.6 is 11.6 Å². The van der Waals surface area contributed by atoms with E-state index in [4.69, 9.17) is 30.5 Å². The van der Waals surface area contributed by atoms with Crippen LogP contribution in [-0.2, 0) is 43.1 Å². The number of benzene rings is 2. The lowest BCUT2D eigenvalue weighted by molar-refractivity contribution is -0.128. The van der Waals surface area contributed by atoms with Crippen LogP contribution in [0.4, 0.5) is 10.5 Å². The molecule has 2 aromatic carbocycles. The standard InChI is InChI=1S/C43H54ClN7O9S/c1-48(2)41(54)37-21-30(60-42(55)49(3)4)13-17-35(57-6)31-14-10-28(31)22-51-24-43(18-8-9-26-19-29(44)12-15-33(26)43)25-59-36-16-11-27(20-34(36)51)38(52)46-61(37,56)47-39(53)32-23-50(5)45-40(32)58-7/h11-13,15-17,19-20,23,28,30-31,35,37H,8-10,14,18,21-22,24-25H2,1-7H3,(H,46,47,52,53,56)/b17-13-/t28-,30-,31+,35-,37?,43-,61?/m0/s1. The van der Waals surface area contributed by atoms with Gasteiger partial charge in [-0.1, -0.05) is 23.7 Å². The van der Waals surface area contributed by atoms with Gasteiger partial charge < -0.3 is 33.6 Å². The Bertz CT molecular complexity index is 2360. The molecule has 7 rings (SSSR count). The fraction of sp³-hybridized carbons (Fsp3) is 0.512. The van der Waals surface area contributed by atoms with Crippen molar-refractivity contribution in [3.05, 3.63) is 82.0 Å². The lowest BCUT2D eigenvalue weighted by Gasteiger charge is -2.46. The summed E-state index contributed by atoms with van der Waals surface area (Å²) >= 11 is 6.49. The van der Waals surface area contributed by atoms with Crippen molar-refractivity contribution in [1.82, 2.24) is 24.3 Å². The number of ether oxygens (including phenoxy) is 4. The zero-order valence-corrected chi connectivity index (χ0v) is 37.2. The number of rotatable bonds is 6. The molecule has 0 radical (unpaired) electrons. The molecular weight excluding hydrogens is 826 g/mol. The molecule has 7 atom stereocenters. The van der Waals surface area contributed by atoms with Crippen LogP contribution in [0.1, 0.15) is 63.9 Å². The van der Waals surface area contributed by atoms with Gasteiger partial charge in [-0.05, 0) is 91.5 Å². The van der Waals surface area contributed by atoms with Crippen molar-refractivity contribution in [1.29, 1.82) is 0 Å². The number of halogens is 1. The number of aromatic nitrogens is 2. The summed E-state index contributed by atoms with van der Waals surface area (Å²) in [4.78, 5) is 60.7. The van der Waals surface area contributed by atoms with Crippen molar-refractivity contribution in [2.75, 3.05) is 67.0 Å². The highest BCUT2D eigenvalue weighted by Gasteiger charge is 2.45. The quantitative estimate of drug-likeness (QED) is 0.329. The molecule has 2 aliphatic carbocycles. The monoisotopic (exact) mass is 879 g/mol. The van der Waals surface area contributed by atoms with Gasteiger partial charge in [-0.3, -0.25) is 23.8 Å². The number of fused-ring (bicyclic) bond motifs is 4. The minimum atomic E-state index is -4.41. The number of aryl methyl sites for hydroxylation is 2. The summed E-state index contributed by atoms with van der Waals surface area (Å²) in [5.74, 6) is -1.88. The van der Waals surface area contributed by atoms with Crippen molar-refractivity contribution in [2.24, 2.45) is 23.2 Å². The molecule has 2 bridgehead atoms. The molecule has 328 valence electrons. The summed E-state index contributed by atoms with van der Waals surface area (Å²) in [6.07, 6.45) is 6.60. The summed E-state index contributed by atoms with van der Waals surface area (Å²) in [5.41, 5.74) is 2.63. The molecule has 1 N–H and O–H groups in total. The second kappa shape index (κ2) is 17.7. The normalized spacial score (nSPS) is 27.8. The molecule has 2 unspecified atom stereocenters. The Balaban J connectivity index is 1.40. The molecule has 4 aliphatic rings. The van der Waals surface area contributed by atoms with Crippen LogP contribution in [0.25, 0.3) is 0 Å². The number of methoxy groups -OCH3 is 2. The molecule has 4 amide bonds. The van der Waals surface area contributed by atoms with Gasteiger partial charge in [0.1, 0.15) is 22.7 Å². The van der Waals surface area contributed by atoms with Gasteiger partial charge in [0, 0.05) is 84.1 Å². The molecule has 1 fully saturated rings. The Labute approximate surface area is 361 Å². The number of hydrogen-bond donors (Lipinski definition) is 1. The Hall–Kier alpha value is -5.13. The van der Waals surface area contributed by atoms with E-state index < -0.39 is 57.6 Å². The third-order valence-corrected chi connectivity index (χ3v) is 14.6. The molecule has 3 heterocycles. The lowest BCUT2D eigenvalue weighted by Crippen LogP contribution is -2.50. The number of carbonyl (C=O) groups is 4. The molecule has 61 heavy (non-hydrogen) atoms. The maximum Gasteiger partial charge on any atom is 0.409 e. The highest BCUT2D eigenvalue weighted by Crippen LogP contribution is 2.47. The number of amides is 4. The van der Waals surface area contributed by atoms with E-state index in [2.05, 4.69) is 25.1 Å². The zero-order chi connectivity index (χ0) is 43.8. The average Bonchev–Trinajstić information content (AvgIpc) is 3.53. The van der Waals surface area contributed by atoms with Crippen LogP contribution < -0.4 is 19.1 Å². The maximum absolute atomic E-state index is 15.6. The number of hydrogen-bond acceptors (Lipinski definition) is 11. The van der Waals surface area contributed by atoms with E-state index in [0.29, 0.717) is 36.2 Å². The Morgan fingerprint density at radius 3 is 2.52 bits per heavy atom. The number of nitrogens with one attached hydrogen (secondary N) is 1. The Kier molecular flexibility index (Phi) is 12.7. The van der Waals surface area contributed by atoms with E-state index in [0.717, 1.165) is 32.1 Å². The molecule has 1 aromatic heterocycles. The van der Waals surface area contributed by atoms with Crippen LogP contribution in [0.3, 0.4) is 0 Å². The molecule has 1 spiro atoms. The number of nitrogens with zero attached hydrogens (tertiary/aromatic N) is 6. The van der Waals surface area contributed by atoms with E-state index in [1.807, 2.05) is 18.2 Å². The first-order valence-electron chi connectivity index (χ1n) is 20.4. The molecule has 2 aliphatic heterocycles. The highest BCUT2D eigenvalue weighted by molar-refractivity contribution is 7.94. The molecular formula is C43H54ClN7O9S. The summed E-state index contributed by atoms with van der Waals surface area (Å²) < 4.78 is 47.6. The first kappa shape index (κ1) is 43.9. The SMILES string of the molecule is COc1nn(C)cc1C(=O)NS1(=O)=NC(=O)c2ccc3c(c2)N(C[C@@H]2CC[C@H]2[C@@H](OC)/C=C\[C@H](OC(=O)N(C)C)CC1C(=O)N(C)C)C[C@@]1(CCCc2cc(Cl)ccc21)CO3.